The summed E-state index contributed by atoms with van der Waals surface area (Å²) < 4.78 is 5.05. The zero-order valence-corrected chi connectivity index (χ0v) is 12.8. The molecule has 5 nitrogen and oxygen atoms in total. The number of rotatable bonds is 6. The van der Waals surface area contributed by atoms with Crippen molar-refractivity contribution < 1.29 is 14.3 Å². The molecule has 0 aliphatic carbocycles. The summed E-state index contributed by atoms with van der Waals surface area (Å²) in [4.78, 5) is 24.0. The standard InChI is InChI=1S/C14H20N2O3S/c1-4-10(2)15-14(18)16-13(17)9-20-12-7-5-11(19-3)6-8-12/h5-8,10H,4,9H2,1-3H3,(H2,15,16,17,18)/t10-/m1/s1. The van der Waals surface area contributed by atoms with Gasteiger partial charge >= 0.3 is 6.03 Å². The van der Waals surface area contributed by atoms with Crippen molar-refractivity contribution in [2.75, 3.05) is 12.9 Å². The molecule has 0 fully saturated rings. The molecule has 0 radical (unpaired) electrons. The zero-order valence-electron chi connectivity index (χ0n) is 11.9. The van der Waals surface area contributed by atoms with Gasteiger partial charge in [-0.15, -0.1) is 11.8 Å². The molecule has 0 aliphatic rings. The van der Waals surface area contributed by atoms with E-state index in [1.165, 1.54) is 11.8 Å². The van der Waals surface area contributed by atoms with Crippen LogP contribution in [0.25, 0.3) is 0 Å². The van der Waals surface area contributed by atoms with Crippen LogP contribution in [0.4, 0.5) is 4.79 Å². The van der Waals surface area contributed by atoms with Crippen LogP contribution in [0, 0.1) is 0 Å². The van der Waals surface area contributed by atoms with Gasteiger partial charge in [-0.1, -0.05) is 6.92 Å². The number of thioether (sulfide) groups is 1. The highest BCUT2D eigenvalue weighted by Crippen LogP contribution is 2.20. The zero-order chi connectivity index (χ0) is 15.0. The van der Waals surface area contributed by atoms with Crippen molar-refractivity contribution >= 4 is 23.7 Å². The number of carbonyl (C=O) groups excluding carboxylic acids is 2. The van der Waals surface area contributed by atoms with Crippen LogP contribution < -0.4 is 15.4 Å². The van der Waals surface area contributed by atoms with E-state index in [0.29, 0.717) is 0 Å². The minimum atomic E-state index is -0.445. The van der Waals surface area contributed by atoms with E-state index in [1.54, 1.807) is 7.11 Å². The van der Waals surface area contributed by atoms with Crippen LogP contribution in [0.5, 0.6) is 5.75 Å². The molecule has 0 unspecified atom stereocenters. The monoisotopic (exact) mass is 296 g/mol. The summed E-state index contributed by atoms with van der Waals surface area (Å²) in [6.07, 6.45) is 0.822. The third kappa shape index (κ3) is 5.97. The molecule has 0 aliphatic heterocycles. The van der Waals surface area contributed by atoms with Crippen molar-refractivity contribution in [3.05, 3.63) is 24.3 Å². The SMILES string of the molecule is CC[C@@H](C)NC(=O)NC(=O)CSc1ccc(OC)cc1. The molecule has 110 valence electrons. The number of amides is 3. The molecule has 20 heavy (non-hydrogen) atoms. The highest BCUT2D eigenvalue weighted by molar-refractivity contribution is 8.00. The molecule has 0 bridgehead atoms. The number of carbonyl (C=O) groups is 2. The predicted octanol–water partition coefficient (Wildman–Crippen LogP) is 2.41. The lowest BCUT2D eigenvalue weighted by atomic mass is 10.3. The number of hydrogen-bond donors (Lipinski definition) is 2. The average molecular weight is 296 g/mol. The van der Waals surface area contributed by atoms with Gasteiger partial charge in [-0.05, 0) is 37.6 Å². The molecule has 0 saturated carbocycles. The predicted molar refractivity (Wildman–Crippen MR) is 80.1 cm³/mol. The number of hydrogen-bond acceptors (Lipinski definition) is 4. The molecular formula is C14H20N2O3S. The normalized spacial score (nSPS) is 11.6. The molecule has 0 heterocycles. The van der Waals surface area contributed by atoms with Crippen molar-refractivity contribution in [2.24, 2.45) is 0 Å². The first-order valence-electron chi connectivity index (χ1n) is 6.42. The molecular weight excluding hydrogens is 276 g/mol. The number of imide groups is 1. The molecule has 2 N–H and O–H groups in total. The smallest absolute Gasteiger partial charge is 0.321 e. The van der Waals surface area contributed by atoms with Gasteiger partial charge in [-0.3, -0.25) is 10.1 Å². The largest absolute Gasteiger partial charge is 0.497 e. The van der Waals surface area contributed by atoms with Gasteiger partial charge < -0.3 is 10.1 Å². The number of benzene rings is 1. The van der Waals surface area contributed by atoms with E-state index in [0.717, 1.165) is 17.1 Å². The lowest BCUT2D eigenvalue weighted by molar-refractivity contribution is -0.117. The maximum atomic E-state index is 11.6. The van der Waals surface area contributed by atoms with Crippen LogP contribution in [0.2, 0.25) is 0 Å². The molecule has 1 aromatic rings. The van der Waals surface area contributed by atoms with Gasteiger partial charge in [0.05, 0.1) is 12.9 Å². The highest BCUT2D eigenvalue weighted by atomic mass is 32.2. The Hall–Kier alpha value is -1.69. The molecule has 3 amide bonds. The van der Waals surface area contributed by atoms with E-state index < -0.39 is 6.03 Å². The Labute approximate surface area is 123 Å². The Balaban J connectivity index is 2.33. The summed E-state index contributed by atoms with van der Waals surface area (Å²) in [5.41, 5.74) is 0. The van der Waals surface area contributed by atoms with Gasteiger partial charge in [0.25, 0.3) is 0 Å². The second-order valence-corrected chi connectivity index (χ2v) is 5.34. The van der Waals surface area contributed by atoms with Crippen LogP contribution in [-0.4, -0.2) is 30.8 Å². The van der Waals surface area contributed by atoms with E-state index >= 15 is 0 Å². The van der Waals surface area contributed by atoms with Gasteiger partial charge in [0.1, 0.15) is 5.75 Å². The molecule has 6 heteroatoms. The maximum Gasteiger partial charge on any atom is 0.321 e. The lowest BCUT2D eigenvalue weighted by Crippen LogP contribution is -2.43. The van der Waals surface area contributed by atoms with Crippen molar-refractivity contribution in [1.82, 2.24) is 10.6 Å². The lowest BCUT2D eigenvalue weighted by Gasteiger charge is -2.11. The van der Waals surface area contributed by atoms with Crippen LogP contribution >= 0.6 is 11.8 Å². The van der Waals surface area contributed by atoms with Crippen molar-refractivity contribution in [2.45, 2.75) is 31.2 Å². The maximum absolute atomic E-state index is 11.6. The number of ether oxygens (including phenoxy) is 1. The third-order valence-corrected chi connectivity index (χ3v) is 3.68. The van der Waals surface area contributed by atoms with Crippen LogP contribution in [0.15, 0.2) is 29.2 Å². The topological polar surface area (TPSA) is 67.4 Å². The second kappa shape index (κ2) is 8.47. The Bertz CT molecular complexity index is 448. The van der Waals surface area contributed by atoms with E-state index in [-0.39, 0.29) is 17.7 Å². The highest BCUT2D eigenvalue weighted by Gasteiger charge is 2.10. The van der Waals surface area contributed by atoms with Crippen LogP contribution in [0.1, 0.15) is 20.3 Å². The van der Waals surface area contributed by atoms with Gasteiger partial charge in [-0.25, -0.2) is 4.79 Å². The molecule has 1 aromatic carbocycles. The number of urea groups is 1. The summed E-state index contributed by atoms with van der Waals surface area (Å²) >= 11 is 1.37. The molecule has 1 atom stereocenters. The summed E-state index contributed by atoms with van der Waals surface area (Å²) in [5.74, 6) is 0.652. The summed E-state index contributed by atoms with van der Waals surface area (Å²) in [6.45, 7) is 3.85. The molecule has 0 aromatic heterocycles. The Kier molecular flexibility index (Phi) is 6.93. The van der Waals surface area contributed by atoms with Crippen molar-refractivity contribution in [3.8, 4) is 5.75 Å². The van der Waals surface area contributed by atoms with E-state index in [2.05, 4.69) is 10.6 Å². The Morgan fingerprint density at radius 2 is 1.95 bits per heavy atom. The van der Waals surface area contributed by atoms with Gasteiger partial charge in [-0.2, -0.15) is 0 Å². The fraction of sp³-hybridized carbons (Fsp3) is 0.429. The third-order valence-electron chi connectivity index (χ3n) is 2.67. The fourth-order valence-electron chi connectivity index (χ4n) is 1.35. The quantitative estimate of drug-likeness (QED) is 0.791. The minimum Gasteiger partial charge on any atom is -0.497 e. The van der Waals surface area contributed by atoms with E-state index in [9.17, 15) is 9.59 Å². The average Bonchev–Trinajstić information content (AvgIpc) is 2.45. The van der Waals surface area contributed by atoms with Crippen LogP contribution in [-0.2, 0) is 4.79 Å². The summed E-state index contributed by atoms with van der Waals surface area (Å²) in [7, 11) is 1.60. The van der Waals surface area contributed by atoms with Gasteiger partial charge in [0, 0.05) is 10.9 Å². The minimum absolute atomic E-state index is 0.0528. The molecule has 1 rings (SSSR count). The van der Waals surface area contributed by atoms with Gasteiger partial charge in [0.2, 0.25) is 5.91 Å². The fourth-order valence-corrected chi connectivity index (χ4v) is 2.04. The second-order valence-electron chi connectivity index (χ2n) is 4.30. The number of nitrogens with one attached hydrogen (secondary N) is 2. The van der Waals surface area contributed by atoms with Crippen LogP contribution in [0.3, 0.4) is 0 Å². The molecule has 0 saturated heterocycles. The van der Waals surface area contributed by atoms with Crippen molar-refractivity contribution in [3.63, 3.8) is 0 Å². The first kappa shape index (κ1) is 16.4. The van der Waals surface area contributed by atoms with Gasteiger partial charge in [0.15, 0.2) is 0 Å². The molecule has 0 spiro atoms. The Morgan fingerprint density at radius 1 is 1.30 bits per heavy atom. The number of methoxy groups -OCH3 is 1. The first-order chi connectivity index (χ1) is 9.55. The van der Waals surface area contributed by atoms with E-state index in [4.69, 9.17) is 4.74 Å². The Morgan fingerprint density at radius 3 is 2.50 bits per heavy atom. The van der Waals surface area contributed by atoms with Crippen molar-refractivity contribution in [1.29, 1.82) is 0 Å². The first-order valence-corrected chi connectivity index (χ1v) is 7.41. The van der Waals surface area contributed by atoms with E-state index in [1.807, 2.05) is 38.1 Å². The summed E-state index contributed by atoms with van der Waals surface area (Å²) in [6, 6.07) is 7.01. The summed E-state index contributed by atoms with van der Waals surface area (Å²) in [5, 5.41) is 4.98.